The zero-order chi connectivity index (χ0) is 13.8. The highest BCUT2D eigenvalue weighted by atomic mass is 16.6. The smallest absolute Gasteiger partial charge is 0.268 e. The molecule has 2 rings (SSSR count). The zero-order valence-electron chi connectivity index (χ0n) is 9.66. The minimum atomic E-state index is -0.509. The predicted molar refractivity (Wildman–Crippen MR) is 66.3 cm³/mol. The maximum Gasteiger partial charge on any atom is 0.270 e. The summed E-state index contributed by atoms with van der Waals surface area (Å²) >= 11 is 0. The molecule has 1 aromatic heterocycles. The molecule has 1 heterocycles. The first-order valence-electron chi connectivity index (χ1n) is 5.32. The third-order valence-electron chi connectivity index (χ3n) is 2.50. The lowest BCUT2D eigenvalue weighted by molar-refractivity contribution is -0.384. The van der Waals surface area contributed by atoms with Gasteiger partial charge in [-0.15, -0.1) is 0 Å². The molecule has 0 saturated carbocycles. The Bertz CT molecular complexity index is 730. The Morgan fingerprint density at radius 2 is 2.21 bits per heavy atom. The third kappa shape index (κ3) is 2.63. The van der Waals surface area contributed by atoms with Gasteiger partial charge in [0, 0.05) is 23.3 Å². The summed E-state index contributed by atoms with van der Waals surface area (Å²) in [5.74, 6) is 0. The van der Waals surface area contributed by atoms with Crippen LogP contribution in [0.3, 0.4) is 0 Å². The lowest BCUT2D eigenvalue weighted by Gasteiger charge is -2.01. The number of nitriles is 1. The van der Waals surface area contributed by atoms with Crippen molar-refractivity contribution in [2.75, 3.05) is 0 Å². The van der Waals surface area contributed by atoms with Crippen LogP contribution in [-0.2, 0) is 6.42 Å². The third-order valence-corrected chi connectivity index (χ3v) is 2.50. The van der Waals surface area contributed by atoms with Crippen LogP contribution in [-0.4, -0.2) is 15.1 Å². The summed E-state index contributed by atoms with van der Waals surface area (Å²) in [6, 6.07) is 9.24. The number of hydrogen-bond acceptors (Lipinski definition) is 5. The Hall–Kier alpha value is -3.01. The van der Waals surface area contributed by atoms with Crippen LogP contribution < -0.4 is 5.56 Å². The van der Waals surface area contributed by atoms with Gasteiger partial charge in [0.15, 0.2) is 0 Å². The first-order valence-corrected chi connectivity index (χ1v) is 5.32. The highest BCUT2D eigenvalue weighted by molar-refractivity contribution is 5.62. The number of nitrogens with one attached hydrogen (secondary N) is 1. The zero-order valence-corrected chi connectivity index (χ0v) is 9.66. The topological polar surface area (TPSA) is 113 Å². The van der Waals surface area contributed by atoms with Crippen LogP contribution in [0.4, 0.5) is 5.69 Å². The SMILES string of the molecule is N#CCc1cc(-c2cccc([N+](=O)[O-])c2)n[nH]c1=O. The minimum absolute atomic E-state index is 0.0419. The van der Waals surface area contributed by atoms with E-state index in [0.29, 0.717) is 11.3 Å². The molecule has 0 aliphatic carbocycles. The number of aromatic amines is 1. The van der Waals surface area contributed by atoms with E-state index in [1.807, 2.05) is 6.07 Å². The van der Waals surface area contributed by atoms with E-state index in [2.05, 4.69) is 10.2 Å². The van der Waals surface area contributed by atoms with Crippen LogP contribution in [0.2, 0.25) is 0 Å². The van der Waals surface area contributed by atoms with E-state index in [9.17, 15) is 14.9 Å². The maximum atomic E-state index is 11.4. The van der Waals surface area contributed by atoms with E-state index in [-0.39, 0.29) is 17.7 Å². The van der Waals surface area contributed by atoms with E-state index in [1.165, 1.54) is 24.3 Å². The van der Waals surface area contributed by atoms with Crippen molar-refractivity contribution in [3.8, 4) is 17.3 Å². The van der Waals surface area contributed by atoms with E-state index in [1.54, 1.807) is 6.07 Å². The number of benzene rings is 1. The van der Waals surface area contributed by atoms with Gasteiger partial charge in [-0.05, 0) is 6.07 Å². The van der Waals surface area contributed by atoms with Gasteiger partial charge in [-0.3, -0.25) is 14.9 Å². The van der Waals surface area contributed by atoms with Gasteiger partial charge in [-0.2, -0.15) is 10.4 Å². The van der Waals surface area contributed by atoms with Crippen LogP contribution in [0.25, 0.3) is 11.3 Å². The van der Waals surface area contributed by atoms with Crippen LogP contribution >= 0.6 is 0 Å². The summed E-state index contributed by atoms with van der Waals surface area (Å²) in [6.45, 7) is 0. The molecule has 1 aromatic carbocycles. The van der Waals surface area contributed by atoms with Crippen molar-refractivity contribution < 1.29 is 4.92 Å². The number of nitrogens with zero attached hydrogens (tertiary/aromatic N) is 3. The first-order chi connectivity index (χ1) is 9.11. The molecule has 2 aromatic rings. The molecule has 0 amide bonds. The molecule has 0 radical (unpaired) electrons. The Kier molecular flexibility index (Phi) is 3.34. The molecule has 0 bridgehead atoms. The standard InChI is InChI=1S/C12H8N4O3/c13-5-4-9-7-11(14-15-12(9)17)8-2-1-3-10(6-8)16(18)19/h1-3,6-7H,4H2,(H,15,17). The van der Waals surface area contributed by atoms with E-state index >= 15 is 0 Å². The molecule has 94 valence electrons. The fourth-order valence-corrected chi connectivity index (χ4v) is 1.59. The summed E-state index contributed by atoms with van der Waals surface area (Å²) in [4.78, 5) is 21.6. The molecular formula is C12H8N4O3. The van der Waals surface area contributed by atoms with Crippen molar-refractivity contribution >= 4 is 5.69 Å². The largest absolute Gasteiger partial charge is 0.270 e. The summed E-state index contributed by atoms with van der Waals surface area (Å²) in [5.41, 5.74) is 0.667. The number of hydrogen-bond donors (Lipinski definition) is 1. The van der Waals surface area contributed by atoms with Crippen LogP contribution in [0.1, 0.15) is 5.56 Å². The van der Waals surface area contributed by atoms with Gasteiger partial charge in [0.1, 0.15) is 0 Å². The van der Waals surface area contributed by atoms with Gasteiger partial charge in [0.05, 0.1) is 23.1 Å². The summed E-state index contributed by atoms with van der Waals surface area (Å²) in [6.07, 6.45) is -0.0419. The molecule has 7 nitrogen and oxygen atoms in total. The second kappa shape index (κ2) is 5.10. The number of non-ortho nitro benzene ring substituents is 1. The maximum absolute atomic E-state index is 11.4. The molecule has 7 heteroatoms. The van der Waals surface area contributed by atoms with Gasteiger partial charge in [0.25, 0.3) is 11.2 Å². The number of aromatic nitrogens is 2. The van der Waals surface area contributed by atoms with Crippen molar-refractivity contribution in [2.45, 2.75) is 6.42 Å². The van der Waals surface area contributed by atoms with Gasteiger partial charge in [-0.1, -0.05) is 12.1 Å². The highest BCUT2D eigenvalue weighted by Gasteiger charge is 2.10. The number of nitro benzene ring substituents is 1. The monoisotopic (exact) mass is 256 g/mol. The summed E-state index contributed by atoms with van der Waals surface area (Å²) in [7, 11) is 0. The first kappa shape index (κ1) is 12.4. The molecule has 0 aliphatic heterocycles. The number of H-pyrrole nitrogens is 1. The molecule has 0 spiro atoms. The van der Waals surface area contributed by atoms with Crippen molar-refractivity contribution in [1.29, 1.82) is 5.26 Å². The quantitative estimate of drug-likeness (QED) is 0.658. The number of rotatable bonds is 3. The lowest BCUT2D eigenvalue weighted by Crippen LogP contribution is -2.14. The second-order valence-electron chi connectivity index (χ2n) is 3.75. The van der Waals surface area contributed by atoms with Gasteiger partial charge < -0.3 is 0 Å². The fourth-order valence-electron chi connectivity index (χ4n) is 1.59. The minimum Gasteiger partial charge on any atom is -0.268 e. The summed E-state index contributed by atoms with van der Waals surface area (Å²) in [5, 5.41) is 25.4. The molecule has 0 saturated heterocycles. The molecule has 0 fully saturated rings. The molecule has 0 atom stereocenters. The predicted octanol–water partition coefficient (Wildman–Crippen LogP) is 1.41. The second-order valence-corrected chi connectivity index (χ2v) is 3.75. The van der Waals surface area contributed by atoms with Crippen molar-refractivity contribution in [3.05, 3.63) is 56.4 Å². The van der Waals surface area contributed by atoms with Crippen molar-refractivity contribution in [2.24, 2.45) is 0 Å². The molecule has 19 heavy (non-hydrogen) atoms. The van der Waals surface area contributed by atoms with Crippen molar-refractivity contribution in [1.82, 2.24) is 10.2 Å². The molecule has 1 N–H and O–H groups in total. The number of nitro groups is 1. The molecule has 0 unspecified atom stereocenters. The van der Waals surface area contributed by atoms with E-state index < -0.39 is 10.5 Å². The van der Waals surface area contributed by atoms with E-state index in [4.69, 9.17) is 5.26 Å². The Labute approximate surface area is 107 Å². The highest BCUT2D eigenvalue weighted by Crippen LogP contribution is 2.21. The van der Waals surface area contributed by atoms with Gasteiger partial charge in [-0.25, -0.2) is 5.10 Å². The lowest BCUT2D eigenvalue weighted by atomic mass is 10.1. The normalized spacial score (nSPS) is 9.84. The average Bonchev–Trinajstić information content (AvgIpc) is 2.41. The van der Waals surface area contributed by atoms with Gasteiger partial charge in [0.2, 0.25) is 0 Å². The van der Waals surface area contributed by atoms with Crippen LogP contribution in [0.15, 0.2) is 35.1 Å². The van der Waals surface area contributed by atoms with Crippen molar-refractivity contribution in [3.63, 3.8) is 0 Å². The average molecular weight is 256 g/mol. The van der Waals surface area contributed by atoms with Gasteiger partial charge >= 0.3 is 0 Å². The fraction of sp³-hybridized carbons (Fsp3) is 0.0833. The van der Waals surface area contributed by atoms with Crippen LogP contribution in [0.5, 0.6) is 0 Å². The van der Waals surface area contributed by atoms with Crippen LogP contribution in [0, 0.1) is 21.4 Å². The van der Waals surface area contributed by atoms with E-state index in [0.717, 1.165) is 0 Å². The summed E-state index contributed by atoms with van der Waals surface area (Å²) < 4.78 is 0. The Balaban J connectivity index is 2.50. The Morgan fingerprint density at radius 3 is 2.89 bits per heavy atom. The Morgan fingerprint density at radius 1 is 1.42 bits per heavy atom. The molecular weight excluding hydrogens is 248 g/mol. The molecule has 0 aliphatic rings.